The SMILES string of the molecule is CC1CC(C)(N)CC2(CC2)C1. The molecule has 2 atom stereocenters. The van der Waals surface area contributed by atoms with Gasteiger partial charge in [-0.3, -0.25) is 0 Å². The van der Waals surface area contributed by atoms with Gasteiger partial charge in [0.15, 0.2) is 0 Å². The molecule has 2 unspecified atom stereocenters. The standard InChI is InChI=1S/C10H19N/c1-8-5-9(2,11)7-10(6-8)3-4-10/h8H,3-7,11H2,1-2H3. The summed E-state index contributed by atoms with van der Waals surface area (Å²) in [5.41, 5.74) is 7.04. The highest BCUT2D eigenvalue weighted by Gasteiger charge is 2.50. The molecule has 2 aliphatic rings. The van der Waals surface area contributed by atoms with Gasteiger partial charge in [-0.25, -0.2) is 0 Å². The normalized spacial score (nSPS) is 47.7. The molecule has 0 aromatic rings. The van der Waals surface area contributed by atoms with Crippen LogP contribution in [0.5, 0.6) is 0 Å². The summed E-state index contributed by atoms with van der Waals surface area (Å²) in [6, 6.07) is 0. The topological polar surface area (TPSA) is 26.0 Å². The lowest BCUT2D eigenvalue weighted by Crippen LogP contribution is -2.44. The maximum atomic E-state index is 6.18. The van der Waals surface area contributed by atoms with Crippen LogP contribution < -0.4 is 5.73 Å². The molecule has 1 heteroatoms. The summed E-state index contributed by atoms with van der Waals surface area (Å²) in [5, 5.41) is 0. The van der Waals surface area contributed by atoms with Gasteiger partial charge in [0.1, 0.15) is 0 Å². The molecule has 0 bridgehead atoms. The van der Waals surface area contributed by atoms with E-state index in [-0.39, 0.29) is 5.54 Å². The third-order valence-corrected chi connectivity index (χ3v) is 3.33. The summed E-state index contributed by atoms with van der Waals surface area (Å²) in [7, 11) is 0. The second kappa shape index (κ2) is 2.01. The van der Waals surface area contributed by atoms with Crippen molar-refractivity contribution in [1.82, 2.24) is 0 Å². The molecule has 0 aliphatic heterocycles. The average molecular weight is 153 g/mol. The molecule has 0 amide bonds. The second-order valence-corrected chi connectivity index (χ2v) is 5.34. The van der Waals surface area contributed by atoms with E-state index in [0.29, 0.717) is 5.41 Å². The van der Waals surface area contributed by atoms with Gasteiger partial charge in [-0.2, -0.15) is 0 Å². The van der Waals surface area contributed by atoms with E-state index in [1.54, 1.807) is 0 Å². The van der Waals surface area contributed by atoms with Gasteiger partial charge in [0.25, 0.3) is 0 Å². The monoisotopic (exact) mass is 153 g/mol. The van der Waals surface area contributed by atoms with Crippen molar-refractivity contribution in [2.45, 2.75) is 51.5 Å². The largest absolute Gasteiger partial charge is 0.325 e. The van der Waals surface area contributed by atoms with E-state index in [1.165, 1.54) is 32.1 Å². The zero-order chi connectivity index (χ0) is 8.11. The number of nitrogens with two attached hydrogens (primary N) is 1. The summed E-state index contributed by atoms with van der Waals surface area (Å²) >= 11 is 0. The van der Waals surface area contributed by atoms with E-state index < -0.39 is 0 Å². The van der Waals surface area contributed by atoms with Crippen molar-refractivity contribution in [3.63, 3.8) is 0 Å². The first-order valence-corrected chi connectivity index (χ1v) is 4.80. The van der Waals surface area contributed by atoms with Crippen molar-refractivity contribution in [3.05, 3.63) is 0 Å². The molecule has 1 nitrogen and oxygen atoms in total. The Morgan fingerprint density at radius 2 is 1.91 bits per heavy atom. The molecule has 11 heavy (non-hydrogen) atoms. The number of hydrogen-bond donors (Lipinski definition) is 1. The van der Waals surface area contributed by atoms with Crippen molar-refractivity contribution >= 4 is 0 Å². The summed E-state index contributed by atoms with van der Waals surface area (Å²) in [6.45, 7) is 4.58. The summed E-state index contributed by atoms with van der Waals surface area (Å²) in [5.74, 6) is 0.862. The van der Waals surface area contributed by atoms with Gasteiger partial charge in [-0.15, -0.1) is 0 Å². The van der Waals surface area contributed by atoms with Crippen LogP contribution in [0, 0.1) is 11.3 Å². The van der Waals surface area contributed by atoms with E-state index in [1.807, 2.05) is 0 Å². The Morgan fingerprint density at radius 3 is 2.36 bits per heavy atom. The molecule has 0 aromatic heterocycles. The zero-order valence-electron chi connectivity index (χ0n) is 7.69. The predicted octanol–water partition coefficient (Wildman–Crippen LogP) is 2.30. The molecule has 2 fully saturated rings. The Bertz CT molecular complexity index is 162. The first-order valence-electron chi connectivity index (χ1n) is 4.80. The van der Waals surface area contributed by atoms with E-state index >= 15 is 0 Å². The fraction of sp³-hybridized carbons (Fsp3) is 1.00. The molecule has 0 radical (unpaired) electrons. The summed E-state index contributed by atoms with van der Waals surface area (Å²) in [4.78, 5) is 0. The quantitative estimate of drug-likeness (QED) is 0.568. The highest BCUT2D eigenvalue weighted by Crippen LogP contribution is 2.59. The van der Waals surface area contributed by atoms with Crippen LogP contribution in [0.1, 0.15) is 46.0 Å². The molecule has 64 valence electrons. The van der Waals surface area contributed by atoms with Crippen LogP contribution in [0.3, 0.4) is 0 Å². The van der Waals surface area contributed by atoms with Gasteiger partial charge < -0.3 is 5.73 Å². The van der Waals surface area contributed by atoms with Crippen LogP contribution in [0.25, 0.3) is 0 Å². The molecule has 2 rings (SSSR count). The van der Waals surface area contributed by atoms with Gasteiger partial charge in [0, 0.05) is 5.54 Å². The van der Waals surface area contributed by atoms with Crippen molar-refractivity contribution in [1.29, 1.82) is 0 Å². The first kappa shape index (κ1) is 7.60. The van der Waals surface area contributed by atoms with Crippen LogP contribution in [0.2, 0.25) is 0 Å². The fourth-order valence-corrected chi connectivity index (χ4v) is 3.17. The van der Waals surface area contributed by atoms with Crippen LogP contribution in [-0.4, -0.2) is 5.54 Å². The van der Waals surface area contributed by atoms with Crippen LogP contribution >= 0.6 is 0 Å². The van der Waals surface area contributed by atoms with Crippen molar-refractivity contribution in [3.8, 4) is 0 Å². The molecule has 0 saturated heterocycles. The Balaban J connectivity index is 2.09. The maximum Gasteiger partial charge on any atom is 0.0133 e. The highest BCUT2D eigenvalue weighted by atomic mass is 14.8. The maximum absolute atomic E-state index is 6.18. The predicted molar refractivity (Wildman–Crippen MR) is 47.3 cm³/mol. The van der Waals surface area contributed by atoms with Gasteiger partial charge in [-0.05, 0) is 50.4 Å². The Labute approximate surface area is 69.4 Å². The fourth-order valence-electron chi connectivity index (χ4n) is 3.17. The van der Waals surface area contributed by atoms with E-state index in [2.05, 4.69) is 13.8 Å². The molecule has 1 spiro atoms. The summed E-state index contributed by atoms with van der Waals surface area (Å²) in [6.07, 6.45) is 6.85. The molecule has 0 aromatic carbocycles. The lowest BCUT2D eigenvalue weighted by Gasteiger charge is -2.39. The van der Waals surface area contributed by atoms with Gasteiger partial charge in [-0.1, -0.05) is 6.92 Å². The Morgan fingerprint density at radius 1 is 1.27 bits per heavy atom. The van der Waals surface area contributed by atoms with Crippen LogP contribution in [0.4, 0.5) is 0 Å². The van der Waals surface area contributed by atoms with Gasteiger partial charge >= 0.3 is 0 Å². The number of rotatable bonds is 0. The smallest absolute Gasteiger partial charge is 0.0133 e. The van der Waals surface area contributed by atoms with E-state index in [4.69, 9.17) is 5.73 Å². The van der Waals surface area contributed by atoms with Crippen molar-refractivity contribution in [2.75, 3.05) is 0 Å². The molecular formula is C10H19N. The minimum Gasteiger partial charge on any atom is -0.325 e. The molecular weight excluding hydrogens is 134 g/mol. The van der Waals surface area contributed by atoms with Crippen LogP contribution in [-0.2, 0) is 0 Å². The van der Waals surface area contributed by atoms with Gasteiger partial charge in [0.05, 0.1) is 0 Å². The first-order chi connectivity index (χ1) is 5.02. The molecule has 2 aliphatic carbocycles. The average Bonchev–Trinajstić information content (AvgIpc) is 2.41. The molecule has 2 N–H and O–H groups in total. The third kappa shape index (κ3) is 1.44. The van der Waals surface area contributed by atoms with E-state index in [9.17, 15) is 0 Å². The Kier molecular flexibility index (Phi) is 1.39. The lowest BCUT2D eigenvalue weighted by molar-refractivity contribution is 0.171. The minimum absolute atomic E-state index is 0.147. The molecule has 0 heterocycles. The van der Waals surface area contributed by atoms with Crippen molar-refractivity contribution < 1.29 is 0 Å². The second-order valence-electron chi connectivity index (χ2n) is 5.34. The van der Waals surface area contributed by atoms with Crippen molar-refractivity contribution in [2.24, 2.45) is 17.1 Å². The highest BCUT2D eigenvalue weighted by molar-refractivity contribution is 5.04. The van der Waals surface area contributed by atoms with E-state index in [0.717, 1.165) is 5.92 Å². The van der Waals surface area contributed by atoms with Crippen LogP contribution in [0.15, 0.2) is 0 Å². The van der Waals surface area contributed by atoms with Gasteiger partial charge in [0.2, 0.25) is 0 Å². The third-order valence-electron chi connectivity index (χ3n) is 3.33. The lowest BCUT2D eigenvalue weighted by atomic mass is 9.70. The minimum atomic E-state index is 0.147. The molecule has 2 saturated carbocycles. The zero-order valence-corrected chi connectivity index (χ0v) is 7.69. The number of hydrogen-bond acceptors (Lipinski definition) is 1. The Hall–Kier alpha value is -0.0400. The summed E-state index contributed by atoms with van der Waals surface area (Å²) < 4.78 is 0.